The molecule has 1 rings (SSSR count). The van der Waals surface area contributed by atoms with Gasteiger partial charge in [-0.15, -0.1) is 0 Å². The van der Waals surface area contributed by atoms with Crippen molar-refractivity contribution in [3.8, 4) is 5.75 Å². The van der Waals surface area contributed by atoms with Crippen molar-refractivity contribution in [2.45, 2.75) is 47.6 Å². The fourth-order valence-corrected chi connectivity index (χ4v) is 2.39. The number of aryl methyl sites for hydroxylation is 1. The average Bonchev–Trinajstić information content (AvgIpc) is 2.57. The highest BCUT2D eigenvalue weighted by Crippen LogP contribution is 2.24. The van der Waals surface area contributed by atoms with E-state index in [4.69, 9.17) is 9.47 Å². The first kappa shape index (κ1) is 21.2. The van der Waals surface area contributed by atoms with E-state index >= 15 is 0 Å². The number of hydrogen-bond donors (Lipinski definition) is 2. The Balaban J connectivity index is 2.55. The third kappa shape index (κ3) is 7.73. The van der Waals surface area contributed by atoms with Gasteiger partial charge in [-0.1, -0.05) is 13.8 Å². The quantitative estimate of drug-likeness (QED) is 0.386. The Morgan fingerprint density at radius 2 is 2.00 bits per heavy atom. The lowest BCUT2D eigenvalue weighted by molar-refractivity contribution is 0.128. The number of rotatable bonds is 10. The molecule has 1 aromatic rings. The van der Waals surface area contributed by atoms with Crippen molar-refractivity contribution in [3.63, 3.8) is 0 Å². The molecular formula is C19H34N4O2. The van der Waals surface area contributed by atoms with Crippen LogP contribution < -0.4 is 15.4 Å². The fourth-order valence-electron chi connectivity index (χ4n) is 2.39. The number of aromatic nitrogens is 1. The molecule has 6 heteroatoms. The first-order valence-electron chi connectivity index (χ1n) is 9.08. The zero-order valence-corrected chi connectivity index (χ0v) is 16.6. The molecule has 0 unspecified atom stereocenters. The average molecular weight is 351 g/mol. The van der Waals surface area contributed by atoms with Crippen molar-refractivity contribution in [3.05, 3.63) is 23.0 Å². The summed E-state index contributed by atoms with van der Waals surface area (Å²) in [4.78, 5) is 9.10. The molecule has 0 aliphatic heterocycles. The molecule has 0 spiro atoms. The smallest absolute Gasteiger partial charge is 0.191 e. The SMILES string of the molecule is CCNC(=NCc1ncc(C)c(OC)c1C)NCCOCCC(C)C. The van der Waals surface area contributed by atoms with Gasteiger partial charge >= 0.3 is 0 Å². The van der Waals surface area contributed by atoms with Gasteiger partial charge in [-0.25, -0.2) is 4.99 Å². The molecule has 2 N–H and O–H groups in total. The maximum Gasteiger partial charge on any atom is 0.191 e. The van der Waals surface area contributed by atoms with Crippen LogP contribution in [0.15, 0.2) is 11.2 Å². The van der Waals surface area contributed by atoms with Crippen LogP contribution in [0.4, 0.5) is 0 Å². The van der Waals surface area contributed by atoms with Crippen molar-refractivity contribution in [1.29, 1.82) is 0 Å². The van der Waals surface area contributed by atoms with Crippen LogP contribution in [0.5, 0.6) is 5.75 Å². The minimum Gasteiger partial charge on any atom is -0.496 e. The maximum atomic E-state index is 5.62. The topological polar surface area (TPSA) is 67.8 Å². The van der Waals surface area contributed by atoms with Gasteiger partial charge in [0.1, 0.15) is 5.75 Å². The predicted octanol–water partition coefficient (Wildman–Crippen LogP) is 2.82. The Kier molecular flexibility index (Phi) is 9.92. The highest BCUT2D eigenvalue weighted by atomic mass is 16.5. The van der Waals surface area contributed by atoms with Gasteiger partial charge in [-0.3, -0.25) is 4.98 Å². The van der Waals surface area contributed by atoms with E-state index in [-0.39, 0.29) is 0 Å². The molecule has 0 saturated carbocycles. The van der Waals surface area contributed by atoms with E-state index in [0.717, 1.165) is 54.6 Å². The van der Waals surface area contributed by atoms with Gasteiger partial charge in [0.2, 0.25) is 0 Å². The molecule has 0 radical (unpaired) electrons. The molecule has 0 fully saturated rings. The van der Waals surface area contributed by atoms with Crippen LogP contribution in [0, 0.1) is 19.8 Å². The minimum absolute atomic E-state index is 0.506. The van der Waals surface area contributed by atoms with Gasteiger partial charge in [-0.05, 0) is 33.1 Å². The lowest BCUT2D eigenvalue weighted by Crippen LogP contribution is -2.39. The second kappa shape index (κ2) is 11.7. The lowest BCUT2D eigenvalue weighted by atomic mass is 10.1. The van der Waals surface area contributed by atoms with Gasteiger partial charge in [0, 0.05) is 37.0 Å². The Hall–Kier alpha value is -1.82. The Morgan fingerprint density at radius 1 is 1.24 bits per heavy atom. The highest BCUT2D eigenvalue weighted by molar-refractivity contribution is 5.79. The van der Waals surface area contributed by atoms with Crippen LogP contribution in [-0.2, 0) is 11.3 Å². The van der Waals surface area contributed by atoms with Crippen LogP contribution >= 0.6 is 0 Å². The number of hydrogen-bond acceptors (Lipinski definition) is 4. The Bertz CT molecular complexity index is 544. The minimum atomic E-state index is 0.506. The Morgan fingerprint density at radius 3 is 2.64 bits per heavy atom. The maximum absolute atomic E-state index is 5.62. The van der Waals surface area contributed by atoms with Crippen LogP contribution in [-0.4, -0.2) is 44.4 Å². The number of aliphatic imine (C=N–C) groups is 1. The molecule has 6 nitrogen and oxygen atoms in total. The van der Waals surface area contributed by atoms with Crippen molar-refractivity contribution in [2.75, 3.05) is 33.4 Å². The van der Waals surface area contributed by atoms with E-state index in [1.165, 1.54) is 0 Å². The Labute approximate surface area is 152 Å². The molecule has 25 heavy (non-hydrogen) atoms. The molecule has 0 saturated heterocycles. The lowest BCUT2D eigenvalue weighted by Gasteiger charge is -2.13. The number of guanidine groups is 1. The predicted molar refractivity (Wildman–Crippen MR) is 103 cm³/mol. The fraction of sp³-hybridized carbons (Fsp3) is 0.684. The molecule has 0 aliphatic rings. The van der Waals surface area contributed by atoms with E-state index in [0.29, 0.717) is 19.1 Å². The molecule has 0 bridgehead atoms. The largest absolute Gasteiger partial charge is 0.496 e. The first-order valence-corrected chi connectivity index (χ1v) is 9.08. The van der Waals surface area contributed by atoms with Gasteiger partial charge in [0.15, 0.2) is 5.96 Å². The molecule has 1 heterocycles. The number of pyridine rings is 1. The summed E-state index contributed by atoms with van der Waals surface area (Å²) in [6.07, 6.45) is 2.92. The van der Waals surface area contributed by atoms with Gasteiger partial charge in [-0.2, -0.15) is 0 Å². The summed E-state index contributed by atoms with van der Waals surface area (Å²) in [7, 11) is 1.69. The summed E-state index contributed by atoms with van der Waals surface area (Å²) in [6, 6.07) is 0. The first-order chi connectivity index (χ1) is 12.0. The number of ether oxygens (including phenoxy) is 2. The molecule has 0 aliphatic carbocycles. The van der Waals surface area contributed by atoms with Crippen LogP contribution in [0.3, 0.4) is 0 Å². The summed E-state index contributed by atoms with van der Waals surface area (Å²) < 4.78 is 11.1. The van der Waals surface area contributed by atoms with E-state index in [2.05, 4.69) is 41.4 Å². The monoisotopic (exact) mass is 350 g/mol. The molecule has 0 aromatic carbocycles. The summed E-state index contributed by atoms with van der Waals surface area (Å²) >= 11 is 0. The number of methoxy groups -OCH3 is 1. The molecule has 0 amide bonds. The van der Waals surface area contributed by atoms with Gasteiger partial charge in [0.05, 0.1) is 26.0 Å². The third-order valence-electron chi connectivity index (χ3n) is 3.86. The van der Waals surface area contributed by atoms with Gasteiger partial charge < -0.3 is 20.1 Å². The second-order valence-corrected chi connectivity index (χ2v) is 6.46. The van der Waals surface area contributed by atoms with Gasteiger partial charge in [0.25, 0.3) is 0 Å². The molecule has 142 valence electrons. The van der Waals surface area contributed by atoms with Crippen molar-refractivity contribution in [1.82, 2.24) is 15.6 Å². The molecule has 1 aromatic heterocycles. The van der Waals surface area contributed by atoms with Crippen molar-refractivity contribution in [2.24, 2.45) is 10.9 Å². The molecule has 0 atom stereocenters. The van der Waals surface area contributed by atoms with Crippen LogP contribution in [0.1, 0.15) is 44.0 Å². The van der Waals surface area contributed by atoms with Crippen LogP contribution in [0.25, 0.3) is 0 Å². The number of nitrogens with one attached hydrogen (secondary N) is 2. The summed E-state index contributed by atoms with van der Waals surface area (Å²) in [5.74, 6) is 2.33. The molecular weight excluding hydrogens is 316 g/mol. The summed E-state index contributed by atoms with van der Waals surface area (Å²) in [6.45, 7) is 14.0. The second-order valence-electron chi connectivity index (χ2n) is 6.46. The third-order valence-corrected chi connectivity index (χ3v) is 3.86. The van der Waals surface area contributed by atoms with E-state index in [1.807, 2.05) is 20.0 Å². The highest BCUT2D eigenvalue weighted by Gasteiger charge is 2.09. The number of nitrogens with zero attached hydrogens (tertiary/aromatic N) is 2. The van der Waals surface area contributed by atoms with Crippen LogP contribution in [0.2, 0.25) is 0 Å². The van der Waals surface area contributed by atoms with E-state index < -0.39 is 0 Å². The zero-order valence-electron chi connectivity index (χ0n) is 16.6. The van der Waals surface area contributed by atoms with Crippen molar-refractivity contribution >= 4 is 5.96 Å². The summed E-state index contributed by atoms with van der Waals surface area (Å²) in [5.41, 5.74) is 3.00. The van der Waals surface area contributed by atoms with Crippen molar-refractivity contribution < 1.29 is 9.47 Å². The normalized spacial score (nSPS) is 11.7. The standard InChI is InChI=1S/C19H34N4O2/c1-7-20-19(21-9-11-25-10-8-14(2)3)23-13-17-16(5)18(24-6)15(4)12-22-17/h12,14H,7-11,13H2,1-6H3,(H2,20,21,23). The van der Waals surface area contributed by atoms with E-state index in [1.54, 1.807) is 7.11 Å². The van der Waals surface area contributed by atoms with E-state index in [9.17, 15) is 0 Å². The zero-order chi connectivity index (χ0) is 18.7. The summed E-state index contributed by atoms with van der Waals surface area (Å²) in [5, 5.41) is 6.54.